The maximum atomic E-state index is 14.1. The van der Waals surface area contributed by atoms with Gasteiger partial charge in [-0.2, -0.15) is 13.1 Å². The molecule has 0 aromatic heterocycles. The highest BCUT2D eigenvalue weighted by Gasteiger charge is 2.41. The van der Waals surface area contributed by atoms with Crippen molar-refractivity contribution in [2.45, 2.75) is 18.6 Å². The lowest BCUT2D eigenvalue weighted by molar-refractivity contribution is -0.0707. The molecule has 1 aliphatic rings. The second kappa shape index (κ2) is 6.96. The fourth-order valence-corrected chi connectivity index (χ4v) is 2.99. The highest BCUT2D eigenvalue weighted by molar-refractivity contribution is 7.84. The van der Waals surface area contributed by atoms with E-state index < -0.39 is 34.7 Å². The van der Waals surface area contributed by atoms with Gasteiger partial charge in [0.05, 0.1) is 7.11 Å². The van der Waals surface area contributed by atoms with Gasteiger partial charge < -0.3 is 9.47 Å². The number of benzene rings is 2. The fraction of sp³-hybridized carbons (Fsp3) is 0.250. The Labute approximate surface area is 139 Å². The van der Waals surface area contributed by atoms with Crippen LogP contribution in [0.2, 0.25) is 0 Å². The van der Waals surface area contributed by atoms with Crippen LogP contribution in [0.3, 0.4) is 0 Å². The van der Waals surface area contributed by atoms with Gasteiger partial charge in [0.25, 0.3) is 0 Å². The van der Waals surface area contributed by atoms with Crippen LogP contribution in [-0.4, -0.2) is 21.8 Å². The number of rotatable bonds is 5. The minimum atomic E-state index is -4.04. The second-order valence-corrected chi connectivity index (χ2v) is 6.59. The smallest absolute Gasteiger partial charge is 0.336 e. The molecule has 1 aliphatic heterocycles. The summed E-state index contributed by atoms with van der Waals surface area (Å²) in [5.74, 6) is -0.513. The zero-order chi connectivity index (χ0) is 17.2. The fourth-order valence-electron chi connectivity index (χ4n) is 2.43. The Kier molecular flexibility index (Phi) is 4.93. The first-order valence-electron chi connectivity index (χ1n) is 7.18. The van der Waals surface area contributed by atoms with E-state index >= 15 is 0 Å². The SMILES string of the molecule is COS(=O)(=O)N[C@H]1OC(c2ccccc2)O[C@H]1c1ccccc1F. The quantitative estimate of drug-likeness (QED) is 0.894. The molecule has 24 heavy (non-hydrogen) atoms. The van der Waals surface area contributed by atoms with Gasteiger partial charge in [-0.15, -0.1) is 0 Å². The van der Waals surface area contributed by atoms with Crippen LogP contribution in [0.5, 0.6) is 0 Å². The van der Waals surface area contributed by atoms with Crippen molar-refractivity contribution in [1.82, 2.24) is 4.72 Å². The van der Waals surface area contributed by atoms with Crippen molar-refractivity contribution in [3.63, 3.8) is 0 Å². The third kappa shape index (κ3) is 3.63. The van der Waals surface area contributed by atoms with Crippen LogP contribution >= 0.6 is 0 Å². The predicted molar refractivity (Wildman–Crippen MR) is 83.3 cm³/mol. The summed E-state index contributed by atoms with van der Waals surface area (Å²) in [6.07, 6.45) is -2.92. The molecule has 0 saturated carbocycles. The first-order valence-corrected chi connectivity index (χ1v) is 8.59. The summed E-state index contributed by atoms with van der Waals surface area (Å²) in [5.41, 5.74) is 0.887. The Morgan fingerprint density at radius 3 is 2.38 bits per heavy atom. The molecule has 0 spiro atoms. The van der Waals surface area contributed by atoms with Crippen LogP contribution in [0.1, 0.15) is 23.5 Å². The lowest BCUT2D eigenvalue weighted by Crippen LogP contribution is -2.38. The van der Waals surface area contributed by atoms with Crippen LogP contribution in [0.15, 0.2) is 54.6 Å². The van der Waals surface area contributed by atoms with Gasteiger partial charge in [-0.05, 0) is 6.07 Å². The van der Waals surface area contributed by atoms with Gasteiger partial charge in [-0.25, -0.2) is 4.39 Å². The standard InChI is InChI=1S/C16H16FNO5S/c1-21-24(19,20)18-15-14(12-9-5-6-10-13(12)17)22-16(23-15)11-7-3-2-4-8-11/h2-10,14-16,18H,1H3/t14-,15-,16?/m0/s1. The topological polar surface area (TPSA) is 73.9 Å². The zero-order valence-electron chi connectivity index (χ0n) is 12.8. The average molecular weight is 353 g/mol. The lowest BCUT2D eigenvalue weighted by Gasteiger charge is -2.18. The van der Waals surface area contributed by atoms with Gasteiger partial charge in [-0.3, -0.25) is 4.18 Å². The molecule has 1 N–H and O–H groups in total. The monoisotopic (exact) mass is 353 g/mol. The molecular formula is C16H16FNO5S. The molecule has 0 bridgehead atoms. The number of hydrogen-bond donors (Lipinski definition) is 1. The van der Waals surface area contributed by atoms with Gasteiger partial charge in [-0.1, -0.05) is 48.5 Å². The van der Waals surface area contributed by atoms with Gasteiger partial charge in [0.1, 0.15) is 11.9 Å². The molecule has 2 aromatic carbocycles. The average Bonchev–Trinajstić information content (AvgIpc) is 2.99. The van der Waals surface area contributed by atoms with E-state index in [4.69, 9.17) is 9.47 Å². The number of hydrogen-bond acceptors (Lipinski definition) is 5. The van der Waals surface area contributed by atoms with Crippen molar-refractivity contribution in [3.05, 3.63) is 71.5 Å². The minimum absolute atomic E-state index is 0.194. The largest absolute Gasteiger partial charge is 0.337 e. The van der Waals surface area contributed by atoms with E-state index in [9.17, 15) is 12.8 Å². The minimum Gasteiger partial charge on any atom is -0.336 e. The molecule has 3 atom stereocenters. The van der Waals surface area contributed by atoms with E-state index in [1.54, 1.807) is 30.3 Å². The molecule has 2 aromatic rings. The van der Waals surface area contributed by atoms with E-state index in [1.807, 2.05) is 6.07 Å². The summed E-state index contributed by atoms with van der Waals surface area (Å²) in [7, 11) is -3.02. The van der Waals surface area contributed by atoms with Crippen molar-refractivity contribution in [2.75, 3.05) is 7.11 Å². The number of ether oxygens (including phenoxy) is 2. The maximum absolute atomic E-state index is 14.1. The zero-order valence-corrected chi connectivity index (χ0v) is 13.6. The van der Waals surface area contributed by atoms with Gasteiger partial charge in [0.2, 0.25) is 0 Å². The molecule has 0 amide bonds. The Bertz CT molecular complexity index is 799. The highest BCUT2D eigenvalue weighted by atomic mass is 32.2. The summed E-state index contributed by atoms with van der Waals surface area (Å²) in [6, 6.07) is 14.9. The van der Waals surface area contributed by atoms with E-state index in [-0.39, 0.29) is 5.56 Å². The third-order valence-corrected chi connectivity index (χ3v) is 4.54. The first kappa shape index (κ1) is 17.0. The van der Waals surface area contributed by atoms with E-state index in [1.165, 1.54) is 18.2 Å². The summed E-state index contributed by atoms with van der Waals surface area (Å²) >= 11 is 0. The summed E-state index contributed by atoms with van der Waals surface area (Å²) in [4.78, 5) is 0. The molecule has 1 fully saturated rings. The molecular weight excluding hydrogens is 337 g/mol. The normalized spacial score (nSPS) is 24.2. The number of halogens is 1. The first-order chi connectivity index (χ1) is 11.5. The molecule has 3 rings (SSSR count). The predicted octanol–water partition coefficient (Wildman–Crippen LogP) is 2.42. The summed E-state index contributed by atoms with van der Waals surface area (Å²) in [5, 5.41) is 0. The summed E-state index contributed by atoms with van der Waals surface area (Å²) in [6.45, 7) is 0. The van der Waals surface area contributed by atoms with Crippen LogP contribution < -0.4 is 4.72 Å². The Morgan fingerprint density at radius 2 is 1.71 bits per heavy atom. The van der Waals surface area contributed by atoms with E-state index in [0.717, 1.165) is 7.11 Å². The molecule has 8 heteroatoms. The van der Waals surface area contributed by atoms with Crippen LogP contribution in [0.4, 0.5) is 4.39 Å². The lowest BCUT2D eigenvalue weighted by atomic mass is 10.1. The van der Waals surface area contributed by atoms with Crippen LogP contribution in [0.25, 0.3) is 0 Å². The number of nitrogens with one attached hydrogen (secondary N) is 1. The summed E-state index contributed by atoms with van der Waals surface area (Å²) < 4.78 is 55.5. The maximum Gasteiger partial charge on any atom is 0.337 e. The Balaban J connectivity index is 1.92. The van der Waals surface area contributed by atoms with Crippen molar-refractivity contribution >= 4 is 10.3 Å². The van der Waals surface area contributed by atoms with E-state index in [0.29, 0.717) is 5.56 Å². The van der Waals surface area contributed by atoms with Gasteiger partial charge in [0.15, 0.2) is 12.5 Å². The van der Waals surface area contributed by atoms with Crippen molar-refractivity contribution in [2.24, 2.45) is 0 Å². The van der Waals surface area contributed by atoms with Crippen molar-refractivity contribution < 1.29 is 26.5 Å². The molecule has 6 nitrogen and oxygen atoms in total. The molecule has 0 aliphatic carbocycles. The van der Waals surface area contributed by atoms with Gasteiger partial charge in [0, 0.05) is 11.1 Å². The van der Waals surface area contributed by atoms with Crippen molar-refractivity contribution in [1.29, 1.82) is 0 Å². The Morgan fingerprint density at radius 1 is 1.04 bits per heavy atom. The molecule has 1 heterocycles. The molecule has 1 saturated heterocycles. The van der Waals surface area contributed by atoms with Crippen LogP contribution in [-0.2, 0) is 24.0 Å². The third-order valence-electron chi connectivity index (χ3n) is 3.58. The van der Waals surface area contributed by atoms with E-state index in [2.05, 4.69) is 8.91 Å². The highest BCUT2D eigenvalue weighted by Crippen LogP contribution is 2.39. The molecule has 1 unspecified atom stereocenters. The van der Waals surface area contributed by atoms with Crippen molar-refractivity contribution in [3.8, 4) is 0 Å². The molecule has 0 radical (unpaired) electrons. The second-order valence-electron chi connectivity index (χ2n) is 5.12. The molecule has 128 valence electrons. The van der Waals surface area contributed by atoms with Crippen LogP contribution in [0, 0.1) is 5.82 Å². The Hall–Kier alpha value is -1.84. The van der Waals surface area contributed by atoms with Gasteiger partial charge >= 0.3 is 10.3 Å².